The quantitative estimate of drug-likeness (QED) is 0.419. The van der Waals surface area contributed by atoms with Gasteiger partial charge in [-0.1, -0.05) is 6.07 Å². The predicted octanol–water partition coefficient (Wildman–Crippen LogP) is 1.73. The monoisotopic (exact) mass is 185 g/mol. The molecule has 0 saturated carbocycles. The Bertz CT molecular complexity index is 314. The van der Waals surface area contributed by atoms with Crippen LogP contribution in [0, 0.1) is 10.1 Å². The molecule has 0 amide bonds. The number of thiol groups is 1. The van der Waals surface area contributed by atoms with Crippen molar-refractivity contribution in [3.05, 3.63) is 33.9 Å². The summed E-state index contributed by atoms with van der Waals surface area (Å²) in [7, 11) is 0. The summed E-state index contributed by atoms with van der Waals surface area (Å²) in [5, 5.41) is 19.6. The minimum absolute atomic E-state index is 0.0841. The highest BCUT2D eigenvalue weighted by Crippen LogP contribution is 2.28. The Morgan fingerprint density at radius 3 is 2.67 bits per heavy atom. The molecule has 12 heavy (non-hydrogen) atoms. The molecular formula is C7H7NO3S. The first-order valence-corrected chi connectivity index (χ1v) is 3.86. The molecule has 4 nitrogen and oxygen atoms in total. The van der Waals surface area contributed by atoms with Crippen LogP contribution in [-0.4, -0.2) is 10.0 Å². The number of nitro groups is 1. The zero-order valence-electron chi connectivity index (χ0n) is 6.10. The Hall–Kier alpha value is -1.23. The molecule has 1 N–H and O–H groups in total. The maximum atomic E-state index is 10.4. The lowest BCUT2D eigenvalue weighted by molar-refractivity contribution is -0.385. The van der Waals surface area contributed by atoms with Gasteiger partial charge >= 0.3 is 0 Å². The van der Waals surface area contributed by atoms with Gasteiger partial charge < -0.3 is 5.11 Å². The lowest BCUT2D eigenvalue weighted by atomic mass is 10.2. The molecule has 5 heteroatoms. The number of nitro benzene ring substituents is 1. The largest absolute Gasteiger partial charge is 0.507 e. The normalized spacial score (nSPS) is 9.75. The summed E-state index contributed by atoms with van der Waals surface area (Å²) in [4.78, 5) is 9.86. The minimum Gasteiger partial charge on any atom is -0.507 e. The van der Waals surface area contributed by atoms with Crippen molar-refractivity contribution in [3.63, 3.8) is 0 Å². The topological polar surface area (TPSA) is 63.4 Å². The number of hydrogen-bond acceptors (Lipinski definition) is 4. The molecule has 0 spiro atoms. The van der Waals surface area contributed by atoms with Crippen molar-refractivity contribution in [2.45, 2.75) is 5.75 Å². The van der Waals surface area contributed by atoms with Crippen molar-refractivity contribution in [1.82, 2.24) is 0 Å². The van der Waals surface area contributed by atoms with Crippen molar-refractivity contribution in [3.8, 4) is 5.75 Å². The Balaban J connectivity index is 3.27. The van der Waals surface area contributed by atoms with Crippen molar-refractivity contribution < 1.29 is 10.0 Å². The number of rotatable bonds is 2. The average molecular weight is 185 g/mol. The molecule has 0 aliphatic rings. The van der Waals surface area contributed by atoms with Crippen LogP contribution < -0.4 is 0 Å². The predicted molar refractivity (Wildman–Crippen MR) is 47.5 cm³/mol. The van der Waals surface area contributed by atoms with Gasteiger partial charge in [0.15, 0.2) is 0 Å². The van der Waals surface area contributed by atoms with Crippen LogP contribution >= 0.6 is 12.6 Å². The number of hydrogen-bond donors (Lipinski definition) is 2. The van der Waals surface area contributed by atoms with Crippen LogP contribution in [0.3, 0.4) is 0 Å². The maximum absolute atomic E-state index is 10.4. The SMILES string of the molecule is O=[N+]([O-])c1cccc(O)c1CS. The number of benzene rings is 1. The molecule has 0 bridgehead atoms. The van der Waals surface area contributed by atoms with E-state index in [1.54, 1.807) is 0 Å². The van der Waals surface area contributed by atoms with E-state index in [1.165, 1.54) is 18.2 Å². The van der Waals surface area contributed by atoms with Crippen molar-refractivity contribution in [2.75, 3.05) is 0 Å². The van der Waals surface area contributed by atoms with Crippen LogP contribution in [0.15, 0.2) is 18.2 Å². The molecule has 0 aliphatic heterocycles. The van der Waals surface area contributed by atoms with Gasteiger partial charge in [0.2, 0.25) is 0 Å². The zero-order valence-corrected chi connectivity index (χ0v) is 6.99. The molecule has 1 aromatic rings. The summed E-state index contributed by atoms with van der Waals surface area (Å²) >= 11 is 3.88. The molecule has 0 unspecified atom stereocenters. The number of nitrogens with zero attached hydrogens (tertiary/aromatic N) is 1. The highest BCUT2D eigenvalue weighted by atomic mass is 32.1. The van der Waals surface area contributed by atoms with Gasteiger partial charge in [-0.3, -0.25) is 10.1 Å². The lowest BCUT2D eigenvalue weighted by Gasteiger charge is -2.00. The fourth-order valence-electron chi connectivity index (χ4n) is 0.896. The van der Waals surface area contributed by atoms with Gasteiger partial charge in [0, 0.05) is 11.8 Å². The maximum Gasteiger partial charge on any atom is 0.277 e. The Morgan fingerprint density at radius 2 is 2.25 bits per heavy atom. The summed E-state index contributed by atoms with van der Waals surface area (Å²) < 4.78 is 0. The highest BCUT2D eigenvalue weighted by Gasteiger charge is 2.14. The lowest BCUT2D eigenvalue weighted by Crippen LogP contribution is -1.93. The number of aromatic hydroxyl groups is 1. The molecule has 1 rings (SSSR count). The smallest absolute Gasteiger partial charge is 0.277 e. The van der Waals surface area contributed by atoms with Crippen LogP contribution in [0.25, 0.3) is 0 Å². The highest BCUT2D eigenvalue weighted by molar-refractivity contribution is 7.79. The summed E-state index contributed by atoms with van der Waals surface area (Å²) in [6.07, 6.45) is 0. The average Bonchev–Trinajstić information content (AvgIpc) is 2.03. The zero-order chi connectivity index (χ0) is 9.14. The third kappa shape index (κ3) is 1.50. The first-order valence-electron chi connectivity index (χ1n) is 3.23. The van der Waals surface area contributed by atoms with E-state index in [1.807, 2.05) is 0 Å². The van der Waals surface area contributed by atoms with E-state index in [2.05, 4.69) is 12.6 Å². The Kier molecular flexibility index (Phi) is 2.54. The first kappa shape index (κ1) is 8.86. The van der Waals surface area contributed by atoms with Crippen LogP contribution in [0.5, 0.6) is 5.75 Å². The molecular weight excluding hydrogens is 178 g/mol. The van der Waals surface area contributed by atoms with E-state index in [4.69, 9.17) is 0 Å². The Labute approximate surface area is 74.4 Å². The molecule has 0 aliphatic carbocycles. The van der Waals surface area contributed by atoms with E-state index >= 15 is 0 Å². The second kappa shape index (κ2) is 3.44. The van der Waals surface area contributed by atoms with Crippen LogP contribution in [-0.2, 0) is 5.75 Å². The van der Waals surface area contributed by atoms with Gasteiger partial charge in [-0.15, -0.1) is 0 Å². The fourth-order valence-corrected chi connectivity index (χ4v) is 1.22. The first-order chi connectivity index (χ1) is 5.66. The van der Waals surface area contributed by atoms with Gasteiger partial charge in [-0.25, -0.2) is 0 Å². The number of phenolic OH excluding ortho intramolecular Hbond substituents is 1. The van der Waals surface area contributed by atoms with Crippen LogP contribution in [0.1, 0.15) is 5.56 Å². The molecule has 1 aromatic carbocycles. The molecule has 0 radical (unpaired) electrons. The van der Waals surface area contributed by atoms with Crippen LogP contribution in [0.2, 0.25) is 0 Å². The summed E-state index contributed by atoms with van der Waals surface area (Å²) in [5.41, 5.74) is 0.163. The van der Waals surface area contributed by atoms with Crippen molar-refractivity contribution >= 4 is 18.3 Å². The fraction of sp³-hybridized carbons (Fsp3) is 0.143. The van der Waals surface area contributed by atoms with Crippen molar-refractivity contribution in [2.24, 2.45) is 0 Å². The van der Waals surface area contributed by atoms with Crippen LogP contribution in [0.4, 0.5) is 5.69 Å². The van der Waals surface area contributed by atoms with E-state index < -0.39 is 4.92 Å². The Morgan fingerprint density at radius 1 is 1.58 bits per heavy atom. The second-order valence-corrected chi connectivity index (χ2v) is 2.51. The van der Waals surface area contributed by atoms with Crippen molar-refractivity contribution in [1.29, 1.82) is 0 Å². The van der Waals surface area contributed by atoms with Gasteiger partial charge in [-0.05, 0) is 6.07 Å². The van der Waals surface area contributed by atoms with E-state index in [9.17, 15) is 15.2 Å². The molecule has 0 saturated heterocycles. The summed E-state index contributed by atoms with van der Waals surface area (Å²) in [6.45, 7) is 0. The molecule has 0 atom stereocenters. The number of phenols is 1. The van der Waals surface area contributed by atoms with E-state index in [0.717, 1.165) is 0 Å². The molecule has 0 aromatic heterocycles. The third-order valence-corrected chi connectivity index (χ3v) is 1.80. The third-order valence-electron chi connectivity index (χ3n) is 1.48. The summed E-state index contributed by atoms with van der Waals surface area (Å²) in [5.74, 6) is 0.0717. The molecule has 64 valence electrons. The second-order valence-electron chi connectivity index (χ2n) is 2.19. The molecule has 0 heterocycles. The molecule has 0 fully saturated rings. The minimum atomic E-state index is -0.536. The van der Waals surface area contributed by atoms with E-state index in [0.29, 0.717) is 0 Å². The summed E-state index contributed by atoms with van der Waals surface area (Å²) in [6, 6.07) is 4.17. The van der Waals surface area contributed by atoms with Gasteiger partial charge in [0.1, 0.15) is 5.75 Å². The van der Waals surface area contributed by atoms with Gasteiger partial charge in [0.05, 0.1) is 10.5 Å². The van der Waals surface area contributed by atoms with Gasteiger partial charge in [0.25, 0.3) is 5.69 Å². The van der Waals surface area contributed by atoms with E-state index in [-0.39, 0.29) is 22.8 Å². The van der Waals surface area contributed by atoms with Gasteiger partial charge in [-0.2, -0.15) is 12.6 Å². The standard InChI is InChI=1S/C7H7NO3S/c9-7-3-1-2-6(8(10)11)5(7)4-12/h1-3,9,12H,4H2.